The number of thioether (sulfide) groups is 1. The van der Waals surface area contributed by atoms with Gasteiger partial charge in [-0.2, -0.15) is 0 Å². The molecule has 5 nitrogen and oxygen atoms in total. The third-order valence-electron chi connectivity index (χ3n) is 2.68. The Hall–Kier alpha value is -1.56. The van der Waals surface area contributed by atoms with E-state index in [-0.39, 0.29) is 11.6 Å². The van der Waals surface area contributed by atoms with Gasteiger partial charge in [-0.3, -0.25) is 14.9 Å². The molecule has 0 aliphatic heterocycles. The summed E-state index contributed by atoms with van der Waals surface area (Å²) in [6.45, 7) is 2.86. The van der Waals surface area contributed by atoms with Crippen LogP contribution in [0.2, 0.25) is 0 Å². The Kier molecular flexibility index (Phi) is 6.35. The van der Waals surface area contributed by atoms with Crippen LogP contribution in [0.4, 0.5) is 5.69 Å². The van der Waals surface area contributed by atoms with Gasteiger partial charge in [0.15, 0.2) is 0 Å². The molecule has 0 fully saturated rings. The number of nitro benzene ring substituents is 1. The van der Waals surface area contributed by atoms with Crippen LogP contribution in [0.3, 0.4) is 0 Å². The molecule has 0 bridgehead atoms. The van der Waals surface area contributed by atoms with Crippen LogP contribution >= 0.6 is 11.8 Å². The maximum absolute atomic E-state index is 11.8. The van der Waals surface area contributed by atoms with Crippen molar-refractivity contribution in [2.75, 3.05) is 19.3 Å². The third-order valence-corrected chi connectivity index (χ3v) is 3.68. The van der Waals surface area contributed by atoms with Gasteiger partial charge < -0.3 is 4.90 Å². The minimum Gasteiger partial charge on any atom is -0.345 e. The number of nitrogens with zero attached hydrogens (tertiary/aromatic N) is 2. The van der Waals surface area contributed by atoms with E-state index in [0.717, 1.165) is 24.3 Å². The highest BCUT2D eigenvalue weighted by molar-refractivity contribution is 8.00. The molecule has 0 saturated carbocycles. The van der Waals surface area contributed by atoms with E-state index in [2.05, 4.69) is 6.92 Å². The van der Waals surface area contributed by atoms with Crippen molar-refractivity contribution in [1.29, 1.82) is 0 Å². The molecular formula is C13H18N2O3S. The third kappa shape index (κ3) is 5.30. The molecule has 0 saturated heterocycles. The smallest absolute Gasteiger partial charge is 0.269 e. The molecule has 1 amide bonds. The molecule has 104 valence electrons. The first-order valence-electron chi connectivity index (χ1n) is 6.15. The highest BCUT2D eigenvalue weighted by Crippen LogP contribution is 2.21. The number of carbonyl (C=O) groups excluding carboxylic acids is 1. The van der Waals surface area contributed by atoms with Crippen molar-refractivity contribution in [3.05, 3.63) is 34.4 Å². The van der Waals surface area contributed by atoms with E-state index in [1.54, 1.807) is 24.1 Å². The average Bonchev–Trinajstić information content (AvgIpc) is 2.42. The van der Waals surface area contributed by atoms with Crippen molar-refractivity contribution in [3.63, 3.8) is 0 Å². The topological polar surface area (TPSA) is 63.5 Å². The van der Waals surface area contributed by atoms with E-state index in [4.69, 9.17) is 0 Å². The zero-order valence-electron chi connectivity index (χ0n) is 11.2. The fraction of sp³-hybridized carbons (Fsp3) is 0.462. The minimum atomic E-state index is -0.432. The summed E-state index contributed by atoms with van der Waals surface area (Å²) >= 11 is 1.40. The second kappa shape index (κ2) is 7.78. The molecule has 0 N–H and O–H groups in total. The Morgan fingerprint density at radius 3 is 2.53 bits per heavy atom. The Bertz CT molecular complexity index is 434. The number of hydrogen-bond acceptors (Lipinski definition) is 4. The van der Waals surface area contributed by atoms with Gasteiger partial charge in [0.1, 0.15) is 0 Å². The monoisotopic (exact) mass is 282 g/mol. The lowest BCUT2D eigenvalue weighted by Gasteiger charge is -2.16. The zero-order valence-corrected chi connectivity index (χ0v) is 12.0. The molecular weight excluding hydrogens is 264 g/mol. The van der Waals surface area contributed by atoms with Crippen LogP contribution in [0.1, 0.15) is 19.8 Å². The van der Waals surface area contributed by atoms with E-state index in [1.807, 2.05) is 0 Å². The maximum Gasteiger partial charge on any atom is 0.269 e. The molecule has 0 radical (unpaired) electrons. The summed E-state index contributed by atoms with van der Waals surface area (Å²) in [5.41, 5.74) is 0.0655. The molecule has 0 spiro atoms. The Morgan fingerprint density at radius 1 is 1.37 bits per heavy atom. The molecule has 0 atom stereocenters. The summed E-state index contributed by atoms with van der Waals surface area (Å²) in [6, 6.07) is 6.24. The van der Waals surface area contributed by atoms with Crippen molar-refractivity contribution >= 4 is 23.4 Å². The number of carbonyl (C=O) groups is 1. The van der Waals surface area contributed by atoms with Gasteiger partial charge in [0.05, 0.1) is 10.7 Å². The van der Waals surface area contributed by atoms with Crippen molar-refractivity contribution < 1.29 is 9.72 Å². The normalized spacial score (nSPS) is 10.2. The van der Waals surface area contributed by atoms with Crippen LogP contribution in [-0.4, -0.2) is 35.1 Å². The van der Waals surface area contributed by atoms with Gasteiger partial charge in [-0.05, 0) is 18.6 Å². The van der Waals surface area contributed by atoms with Crippen molar-refractivity contribution in [2.24, 2.45) is 0 Å². The summed E-state index contributed by atoms with van der Waals surface area (Å²) in [5.74, 6) is 0.440. The Labute approximate surface area is 117 Å². The van der Waals surface area contributed by atoms with Crippen LogP contribution < -0.4 is 0 Å². The van der Waals surface area contributed by atoms with Gasteiger partial charge in [-0.25, -0.2) is 0 Å². The quantitative estimate of drug-likeness (QED) is 0.438. The summed E-state index contributed by atoms with van der Waals surface area (Å²) in [5, 5.41) is 10.5. The molecule has 19 heavy (non-hydrogen) atoms. The number of hydrogen-bond donors (Lipinski definition) is 0. The lowest BCUT2D eigenvalue weighted by Crippen LogP contribution is -2.29. The highest BCUT2D eigenvalue weighted by atomic mass is 32.2. The minimum absolute atomic E-state index is 0.0655. The second-order valence-corrected chi connectivity index (χ2v) is 5.26. The second-order valence-electron chi connectivity index (χ2n) is 4.21. The number of benzene rings is 1. The van der Waals surface area contributed by atoms with Gasteiger partial charge in [0.2, 0.25) is 5.91 Å². The van der Waals surface area contributed by atoms with Crippen LogP contribution in [0, 0.1) is 10.1 Å². The lowest BCUT2D eigenvalue weighted by molar-refractivity contribution is -0.384. The number of non-ortho nitro benzene ring substituents is 1. The first-order valence-corrected chi connectivity index (χ1v) is 7.14. The van der Waals surface area contributed by atoms with Crippen molar-refractivity contribution in [1.82, 2.24) is 4.90 Å². The molecule has 0 heterocycles. The number of amides is 1. The highest BCUT2D eigenvalue weighted by Gasteiger charge is 2.09. The number of nitro groups is 1. The van der Waals surface area contributed by atoms with Gasteiger partial charge in [-0.1, -0.05) is 13.3 Å². The predicted molar refractivity (Wildman–Crippen MR) is 76.4 cm³/mol. The fourth-order valence-electron chi connectivity index (χ4n) is 1.44. The van der Waals surface area contributed by atoms with Gasteiger partial charge >= 0.3 is 0 Å². The summed E-state index contributed by atoms with van der Waals surface area (Å²) < 4.78 is 0. The summed E-state index contributed by atoms with van der Waals surface area (Å²) in [7, 11) is 1.80. The van der Waals surface area contributed by atoms with E-state index in [1.165, 1.54) is 23.9 Å². The van der Waals surface area contributed by atoms with Gasteiger partial charge in [-0.15, -0.1) is 11.8 Å². The number of rotatable bonds is 7. The summed E-state index contributed by atoms with van der Waals surface area (Å²) in [6.07, 6.45) is 2.07. The van der Waals surface area contributed by atoms with Crippen molar-refractivity contribution in [3.8, 4) is 0 Å². The Balaban J connectivity index is 2.43. The molecule has 0 aliphatic carbocycles. The van der Waals surface area contributed by atoms with Crippen LogP contribution in [-0.2, 0) is 4.79 Å². The van der Waals surface area contributed by atoms with Crippen molar-refractivity contribution in [2.45, 2.75) is 24.7 Å². The molecule has 1 rings (SSSR count). The molecule has 0 aromatic heterocycles. The predicted octanol–water partition coefficient (Wildman–Crippen LogP) is 2.95. The maximum atomic E-state index is 11.8. The van der Waals surface area contributed by atoms with Gasteiger partial charge in [0, 0.05) is 30.6 Å². The zero-order chi connectivity index (χ0) is 14.3. The number of unbranched alkanes of at least 4 members (excludes halogenated alkanes) is 1. The fourth-order valence-corrected chi connectivity index (χ4v) is 2.28. The first kappa shape index (κ1) is 15.5. The molecule has 0 unspecified atom stereocenters. The van der Waals surface area contributed by atoms with E-state index in [9.17, 15) is 14.9 Å². The molecule has 1 aromatic rings. The van der Waals surface area contributed by atoms with Crippen LogP contribution in [0.25, 0.3) is 0 Å². The average molecular weight is 282 g/mol. The Morgan fingerprint density at radius 2 is 2.00 bits per heavy atom. The SMILES string of the molecule is CCCCN(C)C(=O)CSc1ccc([N+](=O)[O-])cc1. The standard InChI is InChI=1S/C13H18N2O3S/c1-3-4-9-14(2)13(16)10-19-12-7-5-11(6-8-12)15(17)18/h5-8H,3-4,9-10H2,1-2H3. The van der Waals surface area contributed by atoms with Gasteiger partial charge in [0.25, 0.3) is 5.69 Å². The lowest BCUT2D eigenvalue weighted by atomic mass is 10.3. The summed E-state index contributed by atoms with van der Waals surface area (Å²) in [4.78, 5) is 24.5. The molecule has 1 aromatic carbocycles. The van der Waals surface area contributed by atoms with Crippen LogP contribution in [0.15, 0.2) is 29.2 Å². The first-order chi connectivity index (χ1) is 9.04. The van der Waals surface area contributed by atoms with E-state index >= 15 is 0 Å². The molecule has 6 heteroatoms. The van der Waals surface area contributed by atoms with E-state index in [0.29, 0.717) is 5.75 Å². The van der Waals surface area contributed by atoms with E-state index < -0.39 is 4.92 Å². The molecule has 0 aliphatic rings. The largest absolute Gasteiger partial charge is 0.345 e. The van der Waals surface area contributed by atoms with Crippen LogP contribution in [0.5, 0.6) is 0 Å².